The van der Waals surface area contributed by atoms with Gasteiger partial charge in [0, 0.05) is 29.1 Å². The third kappa shape index (κ3) is 2.28. The fourth-order valence-electron chi connectivity index (χ4n) is 6.23. The molecule has 2 N–H and O–H groups in total. The van der Waals surface area contributed by atoms with Gasteiger partial charge in [-0.05, 0) is 74.3 Å². The van der Waals surface area contributed by atoms with Crippen LogP contribution in [0.4, 0.5) is 0 Å². The SMILES string of the molecule is O=C(NCCc1c[nH]c2ccccc12)C12CC3CC(CC(C3)C1)C2. The number of H-pyrrole nitrogens is 1. The van der Waals surface area contributed by atoms with Gasteiger partial charge in [0.25, 0.3) is 0 Å². The lowest BCUT2D eigenvalue weighted by Gasteiger charge is -2.55. The van der Waals surface area contributed by atoms with E-state index in [-0.39, 0.29) is 5.41 Å². The molecule has 4 saturated carbocycles. The number of para-hydroxylation sites is 1. The summed E-state index contributed by atoms with van der Waals surface area (Å²) in [5.41, 5.74) is 2.46. The van der Waals surface area contributed by atoms with Crippen LogP contribution in [0.25, 0.3) is 10.9 Å². The summed E-state index contributed by atoms with van der Waals surface area (Å²) in [6.07, 6.45) is 10.6. The molecule has 24 heavy (non-hydrogen) atoms. The van der Waals surface area contributed by atoms with Crippen molar-refractivity contribution < 1.29 is 4.79 Å². The highest BCUT2D eigenvalue weighted by molar-refractivity contribution is 5.84. The molecule has 0 saturated heterocycles. The predicted octanol–water partition coefficient (Wildman–Crippen LogP) is 4.04. The second-order valence-corrected chi connectivity index (χ2v) is 8.56. The first-order valence-electron chi connectivity index (χ1n) is 9.55. The molecule has 4 aliphatic carbocycles. The molecule has 3 nitrogen and oxygen atoms in total. The fraction of sp³-hybridized carbons (Fsp3) is 0.571. The van der Waals surface area contributed by atoms with Crippen molar-refractivity contribution in [2.24, 2.45) is 23.2 Å². The smallest absolute Gasteiger partial charge is 0.226 e. The van der Waals surface area contributed by atoms with Crippen molar-refractivity contribution >= 4 is 16.8 Å². The number of aromatic amines is 1. The number of carbonyl (C=O) groups excluding carboxylic acids is 1. The minimum atomic E-state index is -0.0189. The molecule has 0 radical (unpaired) electrons. The minimum Gasteiger partial charge on any atom is -0.361 e. The second kappa shape index (κ2) is 5.37. The van der Waals surface area contributed by atoms with Crippen LogP contribution >= 0.6 is 0 Å². The van der Waals surface area contributed by atoms with Crippen LogP contribution in [0.2, 0.25) is 0 Å². The fourth-order valence-corrected chi connectivity index (χ4v) is 6.23. The highest BCUT2D eigenvalue weighted by Crippen LogP contribution is 2.60. The van der Waals surface area contributed by atoms with E-state index >= 15 is 0 Å². The van der Waals surface area contributed by atoms with Crippen molar-refractivity contribution in [1.82, 2.24) is 10.3 Å². The van der Waals surface area contributed by atoms with E-state index in [0.717, 1.165) is 50.0 Å². The average molecular weight is 322 g/mol. The van der Waals surface area contributed by atoms with Crippen LogP contribution in [0.5, 0.6) is 0 Å². The van der Waals surface area contributed by atoms with E-state index in [0.29, 0.717) is 5.91 Å². The normalized spacial score (nSPS) is 33.9. The van der Waals surface area contributed by atoms with Gasteiger partial charge in [-0.25, -0.2) is 0 Å². The summed E-state index contributed by atoms with van der Waals surface area (Å²) >= 11 is 0. The molecular weight excluding hydrogens is 296 g/mol. The summed E-state index contributed by atoms with van der Waals surface area (Å²) in [6.45, 7) is 0.752. The molecule has 2 aromatic rings. The van der Waals surface area contributed by atoms with Crippen LogP contribution in [0.1, 0.15) is 44.1 Å². The maximum Gasteiger partial charge on any atom is 0.226 e. The third-order valence-electron chi connectivity index (χ3n) is 6.87. The largest absolute Gasteiger partial charge is 0.361 e. The first-order valence-corrected chi connectivity index (χ1v) is 9.55. The van der Waals surface area contributed by atoms with Gasteiger partial charge in [-0.3, -0.25) is 4.79 Å². The van der Waals surface area contributed by atoms with Gasteiger partial charge in [0.1, 0.15) is 0 Å². The van der Waals surface area contributed by atoms with Crippen LogP contribution in [0.3, 0.4) is 0 Å². The van der Waals surface area contributed by atoms with Crippen molar-refractivity contribution in [3.05, 3.63) is 36.0 Å². The quantitative estimate of drug-likeness (QED) is 0.876. The monoisotopic (exact) mass is 322 g/mol. The molecule has 3 heteroatoms. The lowest BCUT2D eigenvalue weighted by Crippen LogP contribution is -2.53. The predicted molar refractivity (Wildman–Crippen MR) is 95.6 cm³/mol. The summed E-state index contributed by atoms with van der Waals surface area (Å²) in [6, 6.07) is 8.39. The average Bonchev–Trinajstić information content (AvgIpc) is 2.97. The van der Waals surface area contributed by atoms with Gasteiger partial charge in [-0.2, -0.15) is 0 Å². The number of amides is 1. The van der Waals surface area contributed by atoms with Crippen LogP contribution in [-0.4, -0.2) is 17.4 Å². The molecule has 4 aliphatic rings. The van der Waals surface area contributed by atoms with E-state index in [1.54, 1.807) is 0 Å². The zero-order valence-corrected chi connectivity index (χ0v) is 14.2. The Bertz CT molecular complexity index is 740. The summed E-state index contributed by atoms with van der Waals surface area (Å²) in [4.78, 5) is 16.3. The molecule has 126 valence electrons. The molecule has 0 aliphatic heterocycles. The van der Waals surface area contributed by atoms with Crippen molar-refractivity contribution in [2.45, 2.75) is 44.9 Å². The third-order valence-corrected chi connectivity index (χ3v) is 6.87. The number of aromatic nitrogens is 1. The van der Waals surface area contributed by atoms with Crippen LogP contribution in [0.15, 0.2) is 30.5 Å². The van der Waals surface area contributed by atoms with Gasteiger partial charge >= 0.3 is 0 Å². The van der Waals surface area contributed by atoms with Crippen LogP contribution in [0, 0.1) is 23.2 Å². The van der Waals surface area contributed by atoms with Crippen molar-refractivity contribution in [3.63, 3.8) is 0 Å². The topological polar surface area (TPSA) is 44.9 Å². The van der Waals surface area contributed by atoms with E-state index < -0.39 is 0 Å². The molecule has 1 amide bonds. The van der Waals surface area contributed by atoms with Gasteiger partial charge in [0.05, 0.1) is 0 Å². The Kier molecular flexibility index (Phi) is 3.26. The summed E-state index contributed by atoms with van der Waals surface area (Å²) < 4.78 is 0. The first-order chi connectivity index (χ1) is 11.7. The van der Waals surface area contributed by atoms with Crippen molar-refractivity contribution in [3.8, 4) is 0 Å². The number of hydrogen-bond donors (Lipinski definition) is 2. The van der Waals surface area contributed by atoms with Gasteiger partial charge in [-0.15, -0.1) is 0 Å². The number of benzene rings is 1. The summed E-state index contributed by atoms with van der Waals surface area (Å²) in [5, 5.41) is 4.57. The molecule has 4 bridgehead atoms. The number of fused-ring (bicyclic) bond motifs is 1. The second-order valence-electron chi connectivity index (χ2n) is 8.56. The molecule has 1 aromatic carbocycles. The molecular formula is C21H26N2O. The zero-order chi connectivity index (χ0) is 16.1. The number of hydrogen-bond acceptors (Lipinski definition) is 1. The lowest BCUT2D eigenvalue weighted by molar-refractivity contribution is -0.146. The highest BCUT2D eigenvalue weighted by atomic mass is 16.2. The Morgan fingerprint density at radius 3 is 2.46 bits per heavy atom. The van der Waals surface area contributed by atoms with Crippen molar-refractivity contribution in [2.75, 3.05) is 6.54 Å². The summed E-state index contributed by atoms with van der Waals surface area (Å²) in [5.74, 6) is 2.84. The Balaban J connectivity index is 1.25. The number of carbonyl (C=O) groups is 1. The van der Waals surface area contributed by atoms with E-state index in [1.165, 1.54) is 35.7 Å². The van der Waals surface area contributed by atoms with Gasteiger partial charge in [0.2, 0.25) is 5.91 Å². The molecule has 1 heterocycles. The Morgan fingerprint density at radius 1 is 1.08 bits per heavy atom. The number of rotatable bonds is 4. The van der Waals surface area contributed by atoms with Gasteiger partial charge in [0.15, 0.2) is 0 Å². The summed E-state index contributed by atoms with van der Waals surface area (Å²) in [7, 11) is 0. The van der Waals surface area contributed by atoms with E-state index in [4.69, 9.17) is 0 Å². The molecule has 0 spiro atoms. The Morgan fingerprint density at radius 2 is 1.75 bits per heavy atom. The van der Waals surface area contributed by atoms with Crippen molar-refractivity contribution in [1.29, 1.82) is 0 Å². The van der Waals surface area contributed by atoms with E-state index in [2.05, 4.69) is 40.8 Å². The zero-order valence-electron chi connectivity index (χ0n) is 14.2. The minimum absolute atomic E-state index is 0.0189. The standard InChI is InChI=1S/C21H26N2O/c24-20(21-10-14-7-15(11-21)9-16(8-14)12-21)22-6-5-17-13-23-19-4-2-1-3-18(17)19/h1-4,13-16,23H,5-12H2,(H,22,24). The maximum absolute atomic E-state index is 13.0. The van der Waals surface area contributed by atoms with Crippen LogP contribution < -0.4 is 5.32 Å². The molecule has 6 rings (SSSR count). The molecule has 0 unspecified atom stereocenters. The Hall–Kier alpha value is -1.77. The molecule has 0 atom stereocenters. The lowest BCUT2D eigenvalue weighted by atomic mass is 9.49. The van der Waals surface area contributed by atoms with E-state index in [1.807, 2.05) is 0 Å². The van der Waals surface area contributed by atoms with Crippen LogP contribution in [-0.2, 0) is 11.2 Å². The van der Waals surface area contributed by atoms with Gasteiger partial charge in [-0.1, -0.05) is 18.2 Å². The Labute approximate surface area is 143 Å². The molecule has 1 aromatic heterocycles. The molecule has 4 fully saturated rings. The van der Waals surface area contributed by atoms with E-state index in [9.17, 15) is 4.79 Å². The van der Waals surface area contributed by atoms with Gasteiger partial charge < -0.3 is 10.3 Å². The first kappa shape index (κ1) is 14.6. The number of nitrogens with one attached hydrogen (secondary N) is 2. The maximum atomic E-state index is 13.0. The highest BCUT2D eigenvalue weighted by Gasteiger charge is 2.54.